The summed E-state index contributed by atoms with van der Waals surface area (Å²) in [5.41, 5.74) is 2.65. The van der Waals surface area contributed by atoms with Crippen molar-refractivity contribution < 1.29 is 4.79 Å². The third kappa shape index (κ3) is 4.44. The molecule has 0 saturated heterocycles. The summed E-state index contributed by atoms with van der Waals surface area (Å²) in [5.74, 6) is 0.746. The number of benzene rings is 2. The van der Waals surface area contributed by atoms with E-state index in [4.69, 9.17) is 0 Å². The number of carbonyl (C=O) groups is 1. The quantitative estimate of drug-likeness (QED) is 0.489. The van der Waals surface area contributed by atoms with Crippen LogP contribution in [0.5, 0.6) is 0 Å². The highest BCUT2D eigenvalue weighted by Gasteiger charge is 2.11. The van der Waals surface area contributed by atoms with Gasteiger partial charge in [-0.25, -0.2) is 4.98 Å². The monoisotopic (exact) mass is 419 g/mol. The van der Waals surface area contributed by atoms with Gasteiger partial charge in [-0.05, 0) is 23.6 Å². The maximum atomic E-state index is 12.3. The van der Waals surface area contributed by atoms with Crippen molar-refractivity contribution in [2.45, 2.75) is 32.6 Å². The van der Waals surface area contributed by atoms with Gasteiger partial charge in [-0.15, -0.1) is 10.2 Å². The van der Waals surface area contributed by atoms with Crippen molar-refractivity contribution in [2.75, 3.05) is 5.32 Å². The van der Waals surface area contributed by atoms with E-state index in [2.05, 4.69) is 51.5 Å². The summed E-state index contributed by atoms with van der Waals surface area (Å²) in [6.45, 7) is 4.30. The van der Waals surface area contributed by atoms with Gasteiger partial charge in [-0.1, -0.05) is 61.6 Å². The predicted molar refractivity (Wildman–Crippen MR) is 119 cm³/mol. The summed E-state index contributed by atoms with van der Waals surface area (Å²) in [5, 5.41) is 12.7. The zero-order chi connectivity index (χ0) is 21.1. The van der Waals surface area contributed by atoms with E-state index in [0.717, 1.165) is 10.6 Å². The number of para-hydroxylation sites is 1. The maximum Gasteiger partial charge on any atom is 0.258 e. The van der Waals surface area contributed by atoms with E-state index in [1.807, 2.05) is 18.2 Å². The van der Waals surface area contributed by atoms with E-state index >= 15 is 0 Å². The van der Waals surface area contributed by atoms with E-state index in [1.165, 1.54) is 16.9 Å². The van der Waals surface area contributed by atoms with Gasteiger partial charge in [0.2, 0.25) is 11.0 Å². The Morgan fingerprint density at radius 2 is 1.87 bits per heavy atom. The second-order valence-corrected chi connectivity index (χ2v) is 8.24. The molecular weight excluding hydrogens is 398 g/mol. The van der Waals surface area contributed by atoms with Crippen molar-refractivity contribution in [1.82, 2.24) is 20.2 Å². The Hall–Kier alpha value is -3.39. The summed E-state index contributed by atoms with van der Waals surface area (Å²) in [7, 11) is 0. The average molecular weight is 420 g/mol. The molecule has 1 amide bonds. The lowest BCUT2D eigenvalue weighted by molar-refractivity contribution is -0.116. The van der Waals surface area contributed by atoms with E-state index in [9.17, 15) is 9.59 Å². The zero-order valence-electron chi connectivity index (χ0n) is 16.7. The SMILES string of the molecule is CC(C)c1ccc(-c2nnc(NC(=O)CCc3nc4ccccc4c(=O)[nH]3)s2)cc1. The van der Waals surface area contributed by atoms with E-state index in [1.54, 1.807) is 18.2 Å². The fourth-order valence-corrected chi connectivity index (χ4v) is 3.83. The Morgan fingerprint density at radius 1 is 1.10 bits per heavy atom. The summed E-state index contributed by atoms with van der Waals surface area (Å²) in [6.07, 6.45) is 0.507. The summed E-state index contributed by atoms with van der Waals surface area (Å²) in [6, 6.07) is 15.3. The Kier molecular flexibility index (Phi) is 5.67. The fourth-order valence-electron chi connectivity index (χ4n) is 3.07. The first-order valence-electron chi connectivity index (χ1n) is 9.71. The van der Waals surface area contributed by atoms with Gasteiger partial charge in [0.05, 0.1) is 10.9 Å². The normalized spacial score (nSPS) is 11.2. The van der Waals surface area contributed by atoms with Crippen LogP contribution in [-0.2, 0) is 11.2 Å². The van der Waals surface area contributed by atoms with Crippen LogP contribution in [0.4, 0.5) is 5.13 Å². The number of nitrogens with zero attached hydrogens (tertiary/aromatic N) is 3. The molecule has 30 heavy (non-hydrogen) atoms. The third-order valence-electron chi connectivity index (χ3n) is 4.75. The molecule has 0 unspecified atom stereocenters. The van der Waals surface area contributed by atoms with Crippen LogP contribution in [0.25, 0.3) is 21.5 Å². The lowest BCUT2D eigenvalue weighted by Gasteiger charge is -2.05. The molecule has 4 aromatic rings. The Morgan fingerprint density at radius 3 is 2.63 bits per heavy atom. The van der Waals surface area contributed by atoms with Crippen LogP contribution in [0.1, 0.15) is 37.6 Å². The average Bonchev–Trinajstić information content (AvgIpc) is 3.21. The molecule has 0 saturated carbocycles. The molecule has 2 N–H and O–H groups in total. The minimum Gasteiger partial charge on any atom is -0.310 e. The molecule has 0 aliphatic carbocycles. The number of aromatic amines is 1. The molecule has 2 heterocycles. The first-order chi connectivity index (χ1) is 14.5. The van der Waals surface area contributed by atoms with Crippen molar-refractivity contribution in [1.29, 1.82) is 0 Å². The van der Waals surface area contributed by atoms with Crippen LogP contribution < -0.4 is 10.9 Å². The van der Waals surface area contributed by atoms with Crippen LogP contribution in [0.15, 0.2) is 53.3 Å². The second-order valence-electron chi connectivity index (χ2n) is 7.27. The number of aryl methyl sites for hydroxylation is 1. The Labute approximate surface area is 177 Å². The van der Waals surface area contributed by atoms with Crippen molar-refractivity contribution in [3.8, 4) is 10.6 Å². The number of anilines is 1. The van der Waals surface area contributed by atoms with Crippen LogP contribution >= 0.6 is 11.3 Å². The van der Waals surface area contributed by atoms with Crippen LogP contribution in [0, 0.1) is 0 Å². The molecule has 0 aliphatic rings. The van der Waals surface area contributed by atoms with Gasteiger partial charge >= 0.3 is 0 Å². The second kappa shape index (κ2) is 8.54. The number of amides is 1. The number of fused-ring (bicyclic) bond motifs is 1. The van der Waals surface area contributed by atoms with Gasteiger partial charge in [-0.2, -0.15) is 0 Å². The molecule has 4 rings (SSSR count). The fraction of sp³-hybridized carbons (Fsp3) is 0.227. The predicted octanol–water partition coefficient (Wildman–Crippen LogP) is 4.14. The lowest BCUT2D eigenvalue weighted by atomic mass is 10.0. The maximum absolute atomic E-state index is 12.3. The number of rotatable bonds is 6. The number of H-pyrrole nitrogens is 1. The molecule has 7 nitrogen and oxygen atoms in total. The third-order valence-corrected chi connectivity index (χ3v) is 5.63. The van der Waals surface area contributed by atoms with Crippen molar-refractivity contribution in [3.05, 3.63) is 70.3 Å². The van der Waals surface area contributed by atoms with E-state index in [-0.39, 0.29) is 17.9 Å². The molecule has 152 valence electrons. The highest BCUT2D eigenvalue weighted by atomic mass is 32.1. The number of nitrogens with one attached hydrogen (secondary N) is 2. The van der Waals surface area contributed by atoms with Crippen molar-refractivity contribution >= 4 is 33.3 Å². The largest absolute Gasteiger partial charge is 0.310 e. The highest BCUT2D eigenvalue weighted by Crippen LogP contribution is 2.27. The number of hydrogen-bond acceptors (Lipinski definition) is 6. The zero-order valence-corrected chi connectivity index (χ0v) is 17.5. The first-order valence-corrected chi connectivity index (χ1v) is 10.5. The topological polar surface area (TPSA) is 101 Å². The van der Waals surface area contributed by atoms with Gasteiger partial charge in [0, 0.05) is 18.4 Å². The van der Waals surface area contributed by atoms with Crippen molar-refractivity contribution in [3.63, 3.8) is 0 Å². The van der Waals surface area contributed by atoms with Crippen LogP contribution in [0.2, 0.25) is 0 Å². The smallest absolute Gasteiger partial charge is 0.258 e. The lowest BCUT2D eigenvalue weighted by Crippen LogP contribution is -2.16. The van der Waals surface area contributed by atoms with Gasteiger partial charge in [0.1, 0.15) is 10.8 Å². The molecule has 8 heteroatoms. The van der Waals surface area contributed by atoms with Gasteiger partial charge in [0.15, 0.2) is 0 Å². The number of hydrogen-bond donors (Lipinski definition) is 2. The van der Waals surface area contributed by atoms with Gasteiger partial charge < -0.3 is 10.3 Å². The van der Waals surface area contributed by atoms with E-state index < -0.39 is 0 Å². The highest BCUT2D eigenvalue weighted by molar-refractivity contribution is 7.18. The molecule has 0 atom stereocenters. The molecule has 0 spiro atoms. The summed E-state index contributed by atoms with van der Waals surface area (Å²) < 4.78 is 0. The van der Waals surface area contributed by atoms with Crippen LogP contribution in [-0.4, -0.2) is 26.1 Å². The first kappa shape index (κ1) is 19.9. The minimum atomic E-state index is -0.205. The molecule has 0 bridgehead atoms. The summed E-state index contributed by atoms with van der Waals surface area (Å²) in [4.78, 5) is 31.6. The molecule has 0 aliphatic heterocycles. The standard InChI is InChI=1S/C22H21N5O2S/c1-13(2)14-7-9-15(10-8-14)21-26-27-22(30-21)25-19(28)12-11-18-23-17-6-4-3-5-16(17)20(29)24-18/h3-10,13H,11-12H2,1-2H3,(H,23,24,29)(H,25,27,28). The molecular formula is C22H21N5O2S. The Balaban J connectivity index is 1.38. The van der Waals surface area contributed by atoms with E-state index in [0.29, 0.717) is 34.2 Å². The molecule has 2 aromatic heterocycles. The number of carbonyl (C=O) groups excluding carboxylic acids is 1. The van der Waals surface area contributed by atoms with Gasteiger partial charge in [0.25, 0.3) is 5.56 Å². The van der Waals surface area contributed by atoms with Crippen LogP contribution in [0.3, 0.4) is 0 Å². The number of aromatic nitrogens is 4. The minimum absolute atomic E-state index is 0.180. The van der Waals surface area contributed by atoms with Crippen molar-refractivity contribution in [2.24, 2.45) is 0 Å². The molecule has 2 aromatic carbocycles. The Bertz CT molecular complexity index is 1240. The molecule has 0 fully saturated rings. The molecule has 0 radical (unpaired) electrons. The van der Waals surface area contributed by atoms with Gasteiger partial charge in [-0.3, -0.25) is 9.59 Å². The summed E-state index contributed by atoms with van der Waals surface area (Å²) >= 11 is 1.33.